The monoisotopic (exact) mass is 681 g/mol. The van der Waals surface area contributed by atoms with E-state index < -0.39 is 18.3 Å². The number of hydrogen-bond acceptors (Lipinski definition) is 5. The van der Waals surface area contributed by atoms with Gasteiger partial charge in [0.2, 0.25) is 0 Å². The first-order valence-corrected chi connectivity index (χ1v) is 17.6. The Hall–Kier alpha value is -5.21. The molecule has 6 aromatic carbocycles. The summed E-state index contributed by atoms with van der Waals surface area (Å²) in [6.07, 6.45) is -1.08. The van der Waals surface area contributed by atoms with Crippen molar-refractivity contribution in [3.05, 3.63) is 162 Å². The molecule has 0 saturated carbocycles. The predicted octanol–water partition coefficient (Wildman–Crippen LogP) is 9.23. The zero-order valence-electron chi connectivity index (χ0n) is 28.6. The first-order chi connectivity index (χ1) is 25.1. The molecule has 0 bridgehead atoms. The van der Waals surface area contributed by atoms with E-state index in [1.807, 2.05) is 54.6 Å². The van der Waals surface area contributed by atoms with E-state index in [-0.39, 0.29) is 19.0 Å². The summed E-state index contributed by atoms with van der Waals surface area (Å²) < 4.78 is 25.1. The van der Waals surface area contributed by atoms with Crippen molar-refractivity contribution in [2.24, 2.45) is 0 Å². The summed E-state index contributed by atoms with van der Waals surface area (Å²) in [7, 11) is 0. The highest BCUT2D eigenvalue weighted by Crippen LogP contribution is 2.35. The highest BCUT2D eigenvalue weighted by molar-refractivity contribution is 5.83. The molecule has 1 amide bonds. The van der Waals surface area contributed by atoms with E-state index >= 15 is 0 Å². The minimum Gasteiger partial charge on any atom is -0.494 e. The Labute approximate surface area is 299 Å². The van der Waals surface area contributed by atoms with Gasteiger partial charge in [0.05, 0.1) is 58.3 Å². The van der Waals surface area contributed by atoms with Crippen LogP contribution in [0.4, 0.5) is 4.79 Å². The van der Waals surface area contributed by atoms with Crippen molar-refractivity contribution in [1.82, 2.24) is 4.90 Å². The van der Waals surface area contributed by atoms with Gasteiger partial charge in [-0.3, -0.25) is 0 Å². The molecule has 7 heteroatoms. The predicted molar refractivity (Wildman–Crippen MR) is 200 cm³/mol. The van der Waals surface area contributed by atoms with Crippen molar-refractivity contribution in [2.45, 2.75) is 44.4 Å². The highest BCUT2D eigenvalue weighted by Gasteiger charge is 2.41. The number of hydrogen-bond donors (Lipinski definition) is 1. The number of rotatable bonds is 14. The molecule has 0 unspecified atom stereocenters. The van der Waals surface area contributed by atoms with Gasteiger partial charge in [-0.25, -0.2) is 4.79 Å². The molecule has 1 fully saturated rings. The number of carbonyl (C=O) groups is 1. The Morgan fingerprint density at radius 1 is 0.588 bits per heavy atom. The van der Waals surface area contributed by atoms with Crippen molar-refractivity contribution in [2.75, 3.05) is 26.3 Å². The second-order valence-corrected chi connectivity index (χ2v) is 13.1. The number of amides is 1. The van der Waals surface area contributed by atoms with E-state index in [0.29, 0.717) is 33.0 Å². The number of carboxylic acid groups (broad SMARTS) is 1. The Morgan fingerprint density at radius 2 is 1.14 bits per heavy atom. The first-order valence-electron chi connectivity index (χ1n) is 17.6. The summed E-state index contributed by atoms with van der Waals surface area (Å²) in [6.45, 7) is 2.93. The molecule has 260 valence electrons. The summed E-state index contributed by atoms with van der Waals surface area (Å²) in [4.78, 5) is 13.8. The molecule has 1 saturated heterocycles. The van der Waals surface area contributed by atoms with Crippen LogP contribution in [0.3, 0.4) is 0 Å². The second-order valence-electron chi connectivity index (χ2n) is 13.1. The fourth-order valence-corrected chi connectivity index (χ4v) is 6.84. The summed E-state index contributed by atoms with van der Waals surface area (Å²) in [5.74, 6) is 0.564. The number of piperidine rings is 1. The molecule has 0 spiro atoms. The molecule has 1 aliphatic rings. The van der Waals surface area contributed by atoms with Crippen LogP contribution in [0.5, 0.6) is 5.75 Å². The largest absolute Gasteiger partial charge is 0.494 e. The van der Waals surface area contributed by atoms with Gasteiger partial charge in [0.1, 0.15) is 5.75 Å². The van der Waals surface area contributed by atoms with Crippen LogP contribution in [0.25, 0.3) is 21.5 Å². The number of nitrogens with zero attached hydrogens (tertiary/aromatic N) is 1. The maximum atomic E-state index is 12.4. The lowest BCUT2D eigenvalue weighted by atomic mass is 9.84. The Kier molecular flexibility index (Phi) is 11.2. The van der Waals surface area contributed by atoms with Gasteiger partial charge >= 0.3 is 6.09 Å². The molecule has 1 aliphatic heterocycles. The van der Waals surface area contributed by atoms with Crippen molar-refractivity contribution in [3.8, 4) is 5.75 Å². The lowest BCUT2D eigenvalue weighted by Gasteiger charge is -2.42. The van der Waals surface area contributed by atoms with Crippen molar-refractivity contribution in [1.29, 1.82) is 0 Å². The van der Waals surface area contributed by atoms with E-state index in [1.54, 1.807) is 0 Å². The quantitative estimate of drug-likeness (QED) is 0.116. The Balaban J connectivity index is 1.06. The lowest BCUT2D eigenvalue weighted by Crippen LogP contribution is -2.54. The summed E-state index contributed by atoms with van der Waals surface area (Å²) in [5.41, 5.74) is 4.24. The summed E-state index contributed by atoms with van der Waals surface area (Å²) in [5, 5.41) is 14.8. The second kappa shape index (κ2) is 16.7. The molecule has 0 radical (unpaired) electrons. The van der Waals surface area contributed by atoms with Crippen LogP contribution < -0.4 is 4.74 Å². The average molecular weight is 682 g/mol. The molecule has 3 atom stereocenters. The zero-order chi connectivity index (χ0) is 34.8. The van der Waals surface area contributed by atoms with Crippen molar-refractivity contribution in [3.63, 3.8) is 0 Å². The zero-order valence-corrected chi connectivity index (χ0v) is 28.6. The highest BCUT2D eigenvalue weighted by atomic mass is 16.5. The van der Waals surface area contributed by atoms with Crippen LogP contribution >= 0.6 is 0 Å². The number of likely N-dealkylation sites (tertiary alicyclic amines) is 1. The average Bonchev–Trinajstić information content (AvgIpc) is 3.18. The van der Waals surface area contributed by atoms with Gasteiger partial charge in [0.15, 0.2) is 0 Å². The topological polar surface area (TPSA) is 77.5 Å². The minimum atomic E-state index is -0.983. The van der Waals surface area contributed by atoms with E-state index in [4.69, 9.17) is 18.9 Å². The SMILES string of the molecule is O=C(O)N1C[C@H](OCc2ccc3ccccc3c2)[C@H](c2ccc(OCCCOCc3ccccc3)cc2)[C@H](OCc2ccc3ccccc3c2)C1. The molecule has 7 nitrogen and oxygen atoms in total. The van der Waals surface area contributed by atoms with E-state index in [1.165, 1.54) is 4.90 Å². The molecule has 6 aromatic rings. The van der Waals surface area contributed by atoms with Gasteiger partial charge in [-0.05, 0) is 68.1 Å². The molecule has 1 heterocycles. The minimum absolute atomic E-state index is 0.207. The van der Waals surface area contributed by atoms with Crippen LogP contribution in [-0.2, 0) is 34.0 Å². The van der Waals surface area contributed by atoms with Crippen LogP contribution in [0, 0.1) is 0 Å². The molecule has 0 aromatic heterocycles. The van der Waals surface area contributed by atoms with Gasteiger partial charge in [-0.15, -0.1) is 0 Å². The van der Waals surface area contributed by atoms with Gasteiger partial charge in [0.25, 0.3) is 0 Å². The third-order valence-electron chi connectivity index (χ3n) is 9.51. The number of fused-ring (bicyclic) bond motifs is 2. The van der Waals surface area contributed by atoms with Crippen LogP contribution in [-0.4, -0.2) is 54.6 Å². The van der Waals surface area contributed by atoms with Gasteiger partial charge in [-0.2, -0.15) is 0 Å². The maximum Gasteiger partial charge on any atom is 0.407 e. The molecule has 1 N–H and O–H groups in total. The lowest BCUT2D eigenvalue weighted by molar-refractivity contribution is -0.0937. The maximum absolute atomic E-state index is 12.4. The van der Waals surface area contributed by atoms with Crippen LogP contribution in [0.1, 0.15) is 34.6 Å². The van der Waals surface area contributed by atoms with E-state index in [9.17, 15) is 9.90 Å². The van der Waals surface area contributed by atoms with Crippen molar-refractivity contribution >= 4 is 27.6 Å². The Bertz CT molecular complexity index is 1940. The normalized spacial score (nSPS) is 17.5. The van der Waals surface area contributed by atoms with E-state index in [0.717, 1.165) is 56.0 Å². The van der Waals surface area contributed by atoms with Gasteiger partial charge < -0.3 is 29.0 Å². The molecule has 51 heavy (non-hydrogen) atoms. The first kappa shape index (κ1) is 34.2. The summed E-state index contributed by atoms with van der Waals surface area (Å²) in [6, 6.07) is 47.3. The molecule has 0 aliphatic carbocycles. The fraction of sp³-hybridized carbons (Fsp3) is 0.250. The fourth-order valence-electron chi connectivity index (χ4n) is 6.84. The van der Waals surface area contributed by atoms with E-state index in [2.05, 4.69) is 84.9 Å². The van der Waals surface area contributed by atoms with Gasteiger partial charge in [-0.1, -0.05) is 115 Å². The molecule has 7 rings (SSSR count). The smallest absolute Gasteiger partial charge is 0.407 e. The molecular weight excluding hydrogens is 638 g/mol. The third kappa shape index (κ3) is 8.94. The van der Waals surface area contributed by atoms with Crippen molar-refractivity contribution < 1.29 is 28.8 Å². The Morgan fingerprint density at radius 3 is 1.71 bits per heavy atom. The van der Waals surface area contributed by atoms with Gasteiger partial charge in [0, 0.05) is 12.3 Å². The third-order valence-corrected chi connectivity index (χ3v) is 9.51. The number of ether oxygens (including phenoxy) is 4. The van der Waals surface area contributed by atoms with Crippen LogP contribution in [0.2, 0.25) is 0 Å². The standard InChI is InChI=1S/C44H43NO6/c46-44(47)45-27-41(50-30-33-15-17-35-11-4-6-13-38(35)25-33)43(42(28-45)51-31-34-16-18-36-12-5-7-14-39(36)26-34)37-19-21-40(22-20-37)49-24-8-23-48-29-32-9-2-1-3-10-32/h1-7,9-22,25-26,41-43H,8,23-24,27-31H2,(H,46,47)/t41-,42+,43-. The van der Waals surface area contributed by atoms with Crippen LogP contribution in [0.15, 0.2) is 140 Å². The number of benzene rings is 6. The summed E-state index contributed by atoms with van der Waals surface area (Å²) >= 11 is 0. The molecular formula is C44H43NO6.